The standard InChI is InChI=1S/C10H14ClNO2S/c1-3-12(4-2)9-5-7-10(8-6-9)15(11,13)14/h5-8H,3-4H2,1-2H3. The fourth-order valence-corrected chi connectivity index (χ4v) is 2.18. The summed E-state index contributed by atoms with van der Waals surface area (Å²) in [4.78, 5) is 2.27. The molecule has 1 aromatic rings. The van der Waals surface area contributed by atoms with E-state index in [1.807, 2.05) is 0 Å². The molecular formula is C10H14ClNO2S. The highest BCUT2D eigenvalue weighted by Crippen LogP contribution is 2.20. The van der Waals surface area contributed by atoms with Gasteiger partial charge in [-0.3, -0.25) is 0 Å². The molecule has 0 saturated heterocycles. The third-order valence-electron chi connectivity index (χ3n) is 2.25. The first kappa shape index (κ1) is 12.3. The van der Waals surface area contributed by atoms with Crippen molar-refractivity contribution in [1.29, 1.82) is 0 Å². The molecule has 1 rings (SSSR count). The summed E-state index contributed by atoms with van der Waals surface area (Å²) < 4.78 is 22.0. The van der Waals surface area contributed by atoms with Gasteiger partial charge in [0.05, 0.1) is 4.90 Å². The Morgan fingerprint density at radius 2 is 1.60 bits per heavy atom. The van der Waals surface area contributed by atoms with Crippen LogP contribution in [-0.2, 0) is 9.05 Å². The van der Waals surface area contributed by atoms with Crippen molar-refractivity contribution in [2.45, 2.75) is 18.7 Å². The van der Waals surface area contributed by atoms with E-state index in [9.17, 15) is 8.42 Å². The Morgan fingerprint density at radius 3 is 1.93 bits per heavy atom. The van der Waals surface area contributed by atoms with Gasteiger partial charge in [0.1, 0.15) is 0 Å². The minimum absolute atomic E-state index is 0.139. The number of rotatable bonds is 4. The summed E-state index contributed by atoms with van der Waals surface area (Å²) in [6.45, 7) is 5.89. The minimum Gasteiger partial charge on any atom is -0.372 e. The quantitative estimate of drug-likeness (QED) is 0.767. The average molecular weight is 248 g/mol. The first-order valence-electron chi connectivity index (χ1n) is 4.78. The zero-order valence-electron chi connectivity index (χ0n) is 8.77. The smallest absolute Gasteiger partial charge is 0.261 e. The molecule has 0 saturated carbocycles. The molecule has 0 radical (unpaired) electrons. The van der Waals surface area contributed by atoms with E-state index >= 15 is 0 Å². The summed E-state index contributed by atoms with van der Waals surface area (Å²) in [6, 6.07) is 6.58. The molecule has 0 unspecified atom stereocenters. The maximum absolute atomic E-state index is 11.0. The molecule has 0 amide bonds. The highest BCUT2D eigenvalue weighted by atomic mass is 35.7. The van der Waals surface area contributed by atoms with Crippen LogP contribution in [0.4, 0.5) is 5.69 Å². The van der Waals surface area contributed by atoms with Crippen molar-refractivity contribution in [1.82, 2.24) is 0 Å². The van der Waals surface area contributed by atoms with E-state index < -0.39 is 9.05 Å². The van der Waals surface area contributed by atoms with Gasteiger partial charge in [-0.2, -0.15) is 0 Å². The van der Waals surface area contributed by atoms with Crippen LogP contribution >= 0.6 is 10.7 Å². The second kappa shape index (κ2) is 4.86. The lowest BCUT2D eigenvalue weighted by Gasteiger charge is -2.20. The maximum atomic E-state index is 11.0. The van der Waals surface area contributed by atoms with Crippen molar-refractivity contribution in [3.63, 3.8) is 0 Å². The highest BCUT2D eigenvalue weighted by molar-refractivity contribution is 8.13. The molecular weight excluding hydrogens is 234 g/mol. The summed E-state index contributed by atoms with van der Waals surface area (Å²) in [5.74, 6) is 0. The van der Waals surface area contributed by atoms with E-state index in [1.54, 1.807) is 12.1 Å². The van der Waals surface area contributed by atoms with Gasteiger partial charge in [-0.05, 0) is 38.1 Å². The van der Waals surface area contributed by atoms with Crippen LogP contribution < -0.4 is 4.90 Å². The van der Waals surface area contributed by atoms with Gasteiger partial charge in [-0.15, -0.1) is 0 Å². The largest absolute Gasteiger partial charge is 0.372 e. The lowest BCUT2D eigenvalue weighted by Crippen LogP contribution is -2.21. The van der Waals surface area contributed by atoms with Gasteiger partial charge in [0.25, 0.3) is 9.05 Å². The molecule has 0 aliphatic heterocycles. The molecule has 0 aromatic heterocycles. The normalized spacial score (nSPS) is 11.4. The highest BCUT2D eigenvalue weighted by Gasteiger charge is 2.10. The first-order chi connectivity index (χ1) is 6.99. The molecule has 0 spiro atoms. The zero-order valence-corrected chi connectivity index (χ0v) is 10.3. The molecule has 0 atom stereocenters. The summed E-state index contributed by atoms with van der Waals surface area (Å²) in [6.07, 6.45) is 0. The molecule has 0 aliphatic carbocycles. The lowest BCUT2D eigenvalue weighted by molar-refractivity contribution is 0.609. The molecule has 0 heterocycles. The Balaban J connectivity index is 3.00. The molecule has 3 nitrogen and oxygen atoms in total. The second-order valence-electron chi connectivity index (χ2n) is 3.10. The van der Waals surface area contributed by atoms with Gasteiger partial charge in [-0.25, -0.2) is 8.42 Å². The predicted molar refractivity (Wildman–Crippen MR) is 63.0 cm³/mol. The lowest BCUT2D eigenvalue weighted by atomic mass is 10.3. The third kappa shape index (κ3) is 3.11. The molecule has 15 heavy (non-hydrogen) atoms. The van der Waals surface area contributed by atoms with E-state index in [2.05, 4.69) is 18.7 Å². The van der Waals surface area contributed by atoms with E-state index in [4.69, 9.17) is 10.7 Å². The number of nitrogens with zero attached hydrogens (tertiary/aromatic N) is 1. The van der Waals surface area contributed by atoms with Gasteiger partial charge in [0, 0.05) is 29.5 Å². The van der Waals surface area contributed by atoms with Crippen LogP contribution in [0.25, 0.3) is 0 Å². The topological polar surface area (TPSA) is 37.4 Å². The van der Waals surface area contributed by atoms with Gasteiger partial charge < -0.3 is 4.90 Å². The predicted octanol–water partition coefficient (Wildman–Crippen LogP) is 2.46. The second-order valence-corrected chi connectivity index (χ2v) is 5.67. The van der Waals surface area contributed by atoms with Crippen LogP contribution in [0, 0.1) is 0 Å². The van der Waals surface area contributed by atoms with Crippen molar-refractivity contribution in [3.05, 3.63) is 24.3 Å². The Hall–Kier alpha value is -0.740. The summed E-state index contributed by atoms with van der Waals surface area (Å²) in [7, 11) is 1.61. The van der Waals surface area contributed by atoms with Crippen molar-refractivity contribution < 1.29 is 8.42 Å². The summed E-state index contributed by atoms with van der Waals surface area (Å²) in [5, 5.41) is 0. The van der Waals surface area contributed by atoms with Gasteiger partial charge in [0.15, 0.2) is 0 Å². The number of hydrogen-bond donors (Lipinski definition) is 0. The van der Waals surface area contributed by atoms with E-state index in [0.717, 1.165) is 18.8 Å². The monoisotopic (exact) mass is 247 g/mol. The Kier molecular flexibility index (Phi) is 3.99. The van der Waals surface area contributed by atoms with Gasteiger partial charge in [-0.1, -0.05) is 0 Å². The molecule has 0 fully saturated rings. The third-order valence-corrected chi connectivity index (χ3v) is 3.62. The molecule has 5 heteroatoms. The van der Waals surface area contributed by atoms with E-state index in [1.165, 1.54) is 12.1 Å². The molecule has 84 valence electrons. The van der Waals surface area contributed by atoms with Crippen molar-refractivity contribution in [3.8, 4) is 0 Å². The molecule has 0 N–H and O–H groups in total. The van der Waals surface area contributed by atoms with Crippen molar-refractivity contribution in [2.24, 2.45) is 0 Å². The fourth-order valence-electron chi connectivity index (χ4n) is 1.41. The number of benzene rings is 1. The van der Waals surface area contributed by atoms with Gasteiger partial charge in [0.2, 0.25) is 0 Å². The summed E-state index contributed by atoms with van der Waals surface area (Å²) in [5.41, 5.74) is 1.00. The number of halogens is 1. The summed E-state index contributed by atoms with van der Waals surface area (Å²) >= 11 is 0. The average Bonchev–Trinajstić information content (AvgIpc) is 2.19. The Bertz CT molecular complexity index is 410. The zero-order chi connectivity index (χ0) is 11.5. The number of hydrogen-bond acceptors (Lipinski definition) is 3. The Labute approximate surface area is 95.1 Å². The maximum Gasteiger partial charge on any atom is 0.261 e. The SMILES string of the molecule is CCN(CC)c1ccc(S(=O)(=O)Cl)cc1. The van der Waals surface area contributed by atoms with E-state index in [-0.39, 0.29) is 4.90 Å². The Morgan fingerprint density at radius 1 is 1.13 bits per heavy atom. The minimum atomic E-state index is -3.61. The van der Waals surface area contributed by atoms with E-state index in [0.29, 0.717) is 0 Å². The number of anilines is 1. The fraction of sp³-hybridized carbons (Fsp3) is 0.400. The molecule has 1 aromatic carbocycles. The van der Waals surface area contributed by atoms with Crippen LogP contribution in [0.5, 0.6) is 0 Å². The molecule has 0 bridgehead atoms. The van der Waals surface area contributed by atoms with Crippen LogP contribution in [0.2, 0.25) is 0 Å². The van der Waals surface area contributed by atoms with Crippen LogP contribution in [-0.4, -0.2) is 21.5 Å². The van der Waals surface area contributed by atoms with Crippen LogP contribution in [0.1, 0.15) is 13.8 Å². The first-order valence-corrected chi connectivity index (χ1v) is 7.09. The van der Waals surface area contributed by atoms with Crippen LogP contribution in [0.3, 0.4) is 0 Å². The van der Waals surface area contributed by atoms with Gasteiger partial charge >= 0.3 is 0 Å². The van der Waals surface area contributed by atoms with Crippen LogP contribution in [0.15, 0.2) is 29.2 Å². The molecule has 0 aliphatic rings. The van der Waals surface area contributed by atoms with Crippen molar-refractivity contribution in [2.75, 3.05) is 18.0 Å². The van der Waals surface area contributed by atoms with Crippen molar-refractivity contribution >= 4 is 25.4 Å².